The molecule has 0 atom stereocenters. The van der Waals surface area contributed by atoms with Crippen LogP contribution in [0.2, 0.25) is 0 Å². The number of carbonyl (C=O) groups is 1. The molecule has 0 aromatic heterocycles. The summed E-state index contributed by atoms with van der Waals surface area (Å²) in [5, 5.41) is 0. The van der Waals surface area contributed by atoms with Crippen LogP contribution in [0.3, 0.4) is 0 Å². The van der Waals surface area contributed by atoms with Gasteiger partial charge in [-0.15, -0.1) is 0 Å². The van der Waals surface area contributed by atoms with Crippen molar-refractivity contribution in [2.75, 3.05) is 0 Å². The zero-order chi connectivity index (χ0) is 20.2. The normalized spacial score (nSPS) is 14.6. The number of hydrogen-bond acceptors (Lipinski definition) is 4. The fraction of sp³-hybridized carbons (Fsp3) is 0.0833. The summed E-state index contributed by atoms with van der Waals surface area (Å²) in [6.07, 6.45) is 1.63. The van der Waals surface area contributed by atoms with Gasteiger partial charge in [0.2, 0.25) is 5.90 Å². The fourth-order valence-corrected chi connectivity index (χ4v) is 2.85. The van der Waals surface area contributed by atoms with E-state index in [2.05, 4.69) is 4.99 Å². The molecule has 1 aliphatic rings. The van der Waals surface area contributed by atoms with Gasteiger partial charge in [-0.25, -0.2) is 14.2 Å². The maximum atomic E-state index is 13.1. The zero-order valence-corrected chi connectivity index (χ0v) is 15.8. The van der Waals surface area contributed by atoms with Crippen molar-refractivity contribution in [2.24, 2.45) is 4.99 Å². The predicted molar refractivity (Wildman–Crippen MR) is 109 cm³/mol. The van der Waals surface area contributed by atoms with Gasteiger partial charge in [0.05, 0.1) is 0 Å². The topological polar surface area (TPSA) is 47.9 Å². The average Bonchev–Trinajstić information content (AvgIpc) is 3.09. The van der Waals surface area contributed by atoms with Crippen LogP contribution in [0.15, 0.2) is 83.5 Å². The maximum absolute atomic E-state index is 13.1. The first-order valence-electron chi connectivity index (χ1n) is 9.14. The Morgan fingerprint density at radius 1 is 1.00 bits per heavy atom. The van der Waals surface area contributed by atoms with Gasteiger partial charge in [0.25, 0.3) is 0 Å². The molecule has 5 heteroatoms. The van der Waals surface area contributed by atoms with E-state index in [9.17, 15) is 9.18 Å². The van der Waals surface area contributed by atoms with Crippen LogP contribution in [0.4, 0.5) is 4.39 Å². The van der Waals surface area contributed by atoms with Gasteiger partial charge in [-0.3, -0.25) is 0 Å². The molecule has 1 heterocycles. The van der Waals surface area contributed by atoms with Crippen molar-refractivity contribution in [3.8, 4) is 5.75 Å². The van der Waals surface area contributed by atoms with E-state index >= 15 is 0 Å². The van der Waals surface area contributed by atoms with Crippen LogP contribution in [-0.4, -0.2) is 11.9 Å². The summed E-state index contributed by atoms with van der Waals surface area (Å²) >= 11 is 0. The maximum Gasteiger partial charge on any atom is 0.363 e. The van der Waals surface area contributed by atoms with Gasteiger partial charge >= 0.3 is 5.97 Å². The van der Waals surface area contributed by atoms with Crippen LogP contribution in [0.5, 0.6) is 5.75 Å². The summed E-state index contributed by atoms with van der Waals surface area (Å²) in [6.45, 7) is 2.45. The molecule has 0 aliphatic carbocycles. The number of carbonyl (C=O) groups excluding carboxylic acids is 1. The first-order chi connectivity index (χ1) is 14.1. The summed E-state index contributed by atoms with van der Waals surface area (Å²) in [7, 11) is 0. The van der Waals surface area contributed by atoms with E-state index in [1.807, 2.05) is 55.5 Å². The molecule has 0 bridgehead atoms. The lowest BCUT2D eigenvalue weighted by molar-refractivity contribution is -0.129. The molecule has 4 nitrogen and oxygen atoms in total. The highest BCUT2D eigenvalue weighted by atomic mass is 19.1. The quantitative estimate of drug-likeness (QED) is 0.454. The molecule has 3 aromatic carbocycles. The Morgan fingerprint density at radius 2 is 1.72 bits per heavy atom. The highest BCUT2D eigenvalue weighted by molar-refractivity contribution is 6.12. The molecule has 0 unspecified atom stereocenters. The van der Waals surface area contributed by atoms with Gasteiger partial charge < -0.3 is 9.47 Å². The molecule has 4 rings (SSSR count). The Hall–Kier alpha value is -3.73. The van der Waals surface area contributed by atoms with Crippen LogP contribution < -0.4 is 4.74 Å². The third-order valence-electron chi connectivity index (χ3n) is 4.44. The third-order valence-corrected chi connectivity index (χ3v) is 4.44. The largest absolute Gasteiger partial charge is 0.488 e. The lowest BCUT2D eigenvalue weighted by atomic mass is 10.1. The second-order valence-corrected chi connectivity index (χ2v) is 6.66. The molecule has 3 aromatic rings. The van der Waals surface area contributed by atoms with E-state index in [1.54, 1.807) is 6.08 Å². The zero-order valence-electron chi connectivity index (χ0n) is 15.8. The predicted octanol–water partition coefficient (Wildman–Crippen LogP) is 5.06. The molecule has 29 heavy (non-hydrogen) atoms. The van der Waals surface area contributed by atoms with E-state index in [4.69, 9.17) is 9.47 Å². The molecule has 1 aliphatic heterocycles. The lowest BCUT2D eigenvalue weighted by Crippen LogP contribution is -2.05. The van der Waals surface area contributed by atoms with E-state index in [1.165, 1.54) is 29.8 Å². The first-order valence-corrected chi connectivity index (χ1v) is 9.14. The molecule has 0 spiro atoms. The highest BCUT2D eigenvalue weighted by Crippen LogP contribution is 2.25. The van der Waals surface area contributed by atoms with Crippen molar-refractivity contribution in [2.45, 2.75) is 13.5 Å². The molecule has 0 radical (unpaired) electrons. The molecule has 0 amide bonds. The van der Waals surface area contributed by atoms with E-state index in [-0.39, 0.29) is 17.4 Å². The van der Waals surface area contributed by atoms with Gasteiger partial charge in [-0.2, -0.15) is 0 Å². The van der Waals surface area contributed by atoms with Gasteiger partial charge in [-0.1, -0.05) is 48.0 Å². The second kappa shape index (κ2) is 8.10. The molecule has 0 saturated carbocycles. The number of hydrogen-bond donors (Lipinski definition) is 0. The standard InChI is InChI=1S/C24H18FNO3/c1-16-6-8-17(9-7-16)15-28-22-5-3-2-4-19(22)14-21-24(27)29-23(26-21)18-10-12-20(25)13-11-18/h2-14H,15H2,1H3/b21-14-. The van der Waals surface area contributed by atoms with Gasteiger partial charge in [-0.05, 0) is 48.9 Å². The van der Waals surface area contributed by atoms with Crippen molar-refractivity contribution in [3.05, 3.63) is 107 Å². The van der Waals surface area contributed by atoms with Gasteiger partial charge in [0, 0.05) is 11.1 Å². The van der Waals surface area contributed by atoms with Crippen molar-refractivity contribution < 1.29 is 18.7 Å². The number of aliphatic imine (C=N–C) groups is 1. The molecular weight excluding hydrogens is 369 g/mol. The van der Waals surface area contributed by atoms with Crippen molar-refractivity contribution >= 4 is 17.9 Å². The van der Waals surface area contributed by atoms with Crippen molar-refractivity contribution in [1.82, 2.24) is 0 Å². The Balaban J connectivity index is 1.56. The monoisotopic (exact) mass is 387 g/mol. The van der Waals surface area contributed by atoms with Gasteiger partial charge in [0.15, 0.2) is 5.70 Å². The van der Waals surface area contributed by atoms with Crippen LogP contribution in [-0.2, 0) is 16.1 Å². The molecular formula is C24H18FNO3. The smallest absolute Gasteiger partial charge is 0.363 e. The van der Waals surface area contributed by atoms with Crippen LogP contribution in [0.25, 0.3) is 6.08 Å². The number of para-hydroxylation sites is 1. The first kappa shape index (κ1) is 18.6. The van der Waals surface area contributed by atoms with E-state index in [0.29, 0.717) is 17.9 Å². The Bertz CT molecular complexity index is 1100. The summed E-state index contributed by atoms with van der Waals surface area (Å²) < 4.78 is 24.3. The minimum Gasteiger partial charge on any atom is -0.488 e. The minimum atomic E-state index is -0.558. The SMILES string of the molecule is Cc1ccc(COc2ccccc2/C=C2\N=C(c3ccc(F)cc3)OC2=O)cc1. The summed E-state index contributed by atoms with van der Waals surface area (Å²) in [6, 6.07) is 21.1. The number of halogens is 1. The van der Waals surface area contributed by atoms with Crippen LogP contribution in [0, 0.1) is 12.7 Å². The molecule has 144 valence electrons. The highest BCUT2D eigenvalue weighted by Gasteiger charge is 2.24. The fourth-order valence-electron chi connectivity index (χ4n) is 2.85. The summed E-state index contributed by atoms with van der Waals surface area (Å²) in [5.41, 5.74) is 3.65. The Kier molecular flexibility index (Phi) is 5.20. The van der Waals surface area contributed by atoms with Crippen LogP contribution >= 0.6 is 0 Å². The van der Waals surface area contributed by atoms with Crippen LogP contribution in [0.1, 0.15) is 22.3 Å². The van der Waals surface area contributed by atoms with E-state index < -0.39 is 5.97 Å². The number of aryl methyl sites for hydroxylation is 1. The average molecular weight is 387 g/mol. The number of cyclic esters (lactones) is 1. The van der Waals surface area contributed by atoms with Crippen molar-refractivity contribution in [3.63, 3.8) is 0 Å². The molecule has 0 fully saturated rings. The lowest BCUT2D eigenvalue weighted by Gasteiger charge is -2.09. The Labute approximate surface area is 167 Å². The van der Waals surface area contributed by atoms with E-state index in [0.717, 1.165) is 11.1 Å². The number of esters is 1. The molecule has 0 saturated heterocycles. The summed E-state index contributed by atoms with van der Waals surface area (Å²) in [5.74, 6) is -0.134. The summed E-state index contributed by atoms with van der Waals surface area (Å²) in [4.78, 5) is 16.5. The molecule has 0 N–H and O–H groups in total. The number of nitrogens with zero attached hydrogens (tertiary/aromatic N) is 1. The number of rotatable bonds is 5. The van der Waals surface area contributed by atoms with Gasteiger partial charge in [0.1, 0.15) is 18.2 Å². The Morgan fingerprint density at radius 3 is 2.48 bits per heavy atom. The van der Waals surface area contributed by atoms with Crippen molar-refractivity contribution in [1.29, 1.82) is 0 Å². The second-order valence-electron chi connectivity index (χ2n) is 6.66. The third kappa shape index (κ3) is 4.41. The number of benzene rings is 3. The number of ether oxygens (including phenoxy) is 2. The minimum absolute atomic E-state index is 0.152.